The van der Waals surface area contributed by atoms with Crippen molar-refractivity contribution in [2.45, 2.75) is 59.8 Å². The van der Waals surface area contributed by atoms with Crippen LogP contribution in [-0.2, 0) is 9.59 Å². The van der Waals surface area contributed by atoms with Crippen molar-refractivity contribution < 1.29 is 9.59 Å². The van der Waals surface area contributed by atoms with Crippen LogP contribution in [0.3, 0.4) is 0 Å². The molecular weight excluding hydrogens is 386 g/mol. The second-order valence-electron chi connectivity index (χ2n) is 8.74. The number of rotatable bonds is 10. The van der Waals surface area contributed by atoms with E-state index in [1.54, 1.807) is 0 Å². The molecule has 2 aromatic carbocycles. The Labute approximate surface area is 187 Å². The molecule has 0 heterocycles. The van der Waals surface area contributed by atoms with Crippen LogP contribution in [0.2, 0.25) is 0 Å². The highest BCUT2D eigenvalue weighted by atomic mass is 16.2. The van der Waals surface area contributed by atoms with Crippen molar-refractivity contribution in [1.82, 2.24) is 4.90 Å². The van der Waals surface area contributed by atoms with Gasteiger partial charge in [0.1, 0.15) is 0 Å². The van der Waals surface area contributed by atoms with Gasteiger partial charge in [-0.05, 0) is 54.5 Å². The first-order valence-corrected chi connectivity index (χ1v) is 11.2. The summed E-state index contributed by atoms with van der Waals surface area (Å²) in [6.07, 6.45) is 0.866. The maximum Gasteiger partial charge on any atom is 0.238 e. The Balaban J connectivity index is 2.09. The van der Waals surface area contributed by atoms with Crippen molar-refractivity contribution in [3.8, 4) is 0 Å². The number of anilines is 2. The number of nitrogens with zero attached hydrogens (tertiary/aromatic N) is 1. The average molecular weight is 424 g/mol. The van der Waals surface area contributed by atoms with Crippen molar-refractivity contribution in [2.75, 3.05) is 30.3 Å². The van der Waals surface area contributed by atoms with Crippen molar-refractivity contribution in [1.29, 1.82) is 0 Å². The maximum atomic E-state index is 13.0. The zero-order chi connectivity index (χ0) is 23.0. The van der Waals surface area contributed by atoms with Crippen molar-refractivity contribution in [2.24, 2.45) is 0 Å². The molecule has 31 heavy (non-hydrogen) atoms. The largest absolute Gasteiger partial charge is 0.325 e. The summed E-state index contributed by atoms with van der Waals surface area (Å²) in [5.41, 5.74) is 5.01. The van der Waals surface area contributed by atoms with Gasteiger partial charge in [-0.2, -0.15) is 0 Å². The highest BCUT2D eigenvalue weighted by Crippen LogP contribution is 2.32. The number of hydrogen-bond acceptors (Lipinski definition) is 3. The minimum Gasteiger partial charge on any atom is -0.325 e. The van der Waals surface area contributed by atoms with Gasteiger partial charge in [-0.3, -0.25) is 14.5 Å². The fraction of sp³-hybridized carbons (Fsp3) is 0.462. The lowest BCUT2D eigenvalue weighted by atomic mass is 9.92. The summed E-state index contributed by atoms with van der Waals surface area (Å²) in [7, 11) is 0. The van der Waals surface area contributed by atoms with Crippen LogP contribution in [0.25, 0.3) is 0 Å². The van der Waals surface area contributed by atoms with E-state index < -0.39 is 0 Å². The topological polar surface area (TPSA) is 61.4 Å². The van der Waals surface area contributed by atoms with Gasteiger partial charge in [0.2, 0.25) is 11.8 Å². The van der Waals surface area contributed by atoms with Crippen LogP contribution in [0, 0.1) is 6.92 Å². The highest BCUT2D eigenvalue weighted by molar-refractivity contribution is 5.96. The minimum atomic E-state index is -0.110. The lowest BCUT2D eigenvalue weighted by Gasteiger charge is -2.23. The predicted molar refractivity (Wildman–Crippen MR) is 130 cm³/mol. The zero-order valence-corrected chi connectivity index (χ0v) is 19.8. The molecule has 0 aliphatic rings. The molecule has 2 rings (SSSR count). The minimum absolute atomic E-state index is 0.0906. The summed E-state index contributed by atoms with van der Waals surface area (Å²) in [5, 5.41) is 6.11. The molecule has 0 unspecified atom stereocenters. The Morgan fingerprint density at radius 3 is 1.90 bits per heavy atom. The maximum absolute atomic E-state index is 13.0. The third kappa shape index (κ3) is 7.21. The van der Waals surface area contributed by atoms with Gasteiger partial charge in [0, 0.05) is 11.4 Å². The molecule has 0 atom stereocenters. The zero-order valence-electron chi connectivity index (χ0n) is 19.8. The van der Waals surface area contributed by atoms with Crippen LogP contribution in [-0.4, -0.2) is 36.3 Å². The van der Waals surface area contributed by atoms with E-state index in [1.807, 2.05) is 36.1 Å². The van der Waals surface area contributed by atoms with Gasteiger partial charge in [0.05, 0.1) is 13.1 Å². The number of nitrogens with one attached hydrogen (secondary N) is 2. The second kappa shape index (κ2) is 11.7. The summed E-state index contributed by atoms with van der Waals surface area (Å²) in [6, 6.07) is 13.9. The van der Waals surface area contributed by atoms with Gasteiger partial charge >= 0.3 is 0 Å². The number of benzene rings is 2. The molecular formula is C26H37N3O2. The van der Waals surface area contributed by atoms with Crippen LogP contribution in [0.1, 0.15) is 69.6 Å². The molecule has 0 saturated carbocycles. The van der Waals surface area contributed by atoms with E-state index >= 15 is 0 Å². The number of carbonyl (C=O) groups excluding carboxylic acids is 2. The van der Waals surface area contributed by atoms with Crippen LogP contribution in [0.5, 0.6) is 0 Å². The smallest absolute Gasteiger partial charge is 0.238 e. The molecule has 168 valence electrons. The van der Waals surface area contributed by atoms with Gasteiger partial charge in [-0.1, -0.05) is 71.0 Å². The lowest BCUT2D eigenvalue weighted by molar-refractivity contribution is -0.120. The van der Waals surface area contributed by atoms with Crippen molar-refractivity contribution >= 4 is 23.2 Å². The molecule has 2 N–H and O–H groups in total. The van der Waals surface area contributed by atoms with E-state index in [0.717, 1.165) is 34.5 Å². The van der Waals surface area contributed by atoms with Gasteiger partial charge < -0.3 is 10.6 Å². The van der Waals surface area contributed by atoms with Crippen LogP contribution in [0.4, 0.5) is 11.4 Å². The van der Waals surface area contributed by atoms with Crippen molar-refractivity contribution in [3.63, 3.8) is 0 Å². The molecule has 5 nitrogen and oxygen atoms in total. The standard InChI is InChI=1S/C26H37N3O2/c1-7-15-29(16-24(30)27-23-14-9-8-11-20(23)6)17-25(31)28-26-21(18(2)3)12-10-13-22(26)19(4)5/h8-14,18-19H,7,15-17H2,1-6H3,(H,27,30)(H,28,31). The number of carbonyl (C=O) groups is 2. The van der Waals surface area contributed by atoms with E-state index in [0.29, 0.717) is 18.4 Å². The van der Waals surface area contributed by atoms with Crippen LogP contribution >= 0.6 is 0 Å². The van der Waals surface area contributed by atoms with Crippen LogP contribution < -0.4 is 10.6 Å². The molecule has 0 aromatic heterocycles. The molecule has 0 saturated heterocycles. The molecule has 2 amide bonds. The first kappa shape index (κ1) is 24.6. The average Bonchev–Trinajstić information content (AvgIpc) is 2.69. The Morgan fingerprint density at radius 2 is 1.39 bits per heavy atom. The van der Waals surface area contributed by atoms with Gasteiger partial charge in [-0.15, -0.1) is 0 Å². The second-order valence-corrected chi connectivity index (χ2v) is 8.74. The van der Waals surface area contributed by atoms with Crippen molar-refractivity contribution in [3.05, 3.63) is 59.2 Å². The van der Waals surface area contributed by atoms with E-state index in [4.69, 9.17) is 0 Å². The first-order valence-electron chi connectivity index (χ1n) is 11.2. The molecule has 0 bridgehead atoms. The third-order valence-electron chi connectivity index (χ3n) is 5.33. The Kier molecular flexibility index (Phi) is 9.25. The monoisotopic (exact) mass is 423 g/mol. The molecule has 2 aromatic rings. The molecule has 0 fully saturated rings. The Morgan fingerprint density at radius 1 is 0.839 bits per heavy atom. The van der Waals surface area contributed by atoms with Gasteiger partial charge in [0.15, 0.2) is 0 Å². The summed E-state index contributed by atoms with van der Waals surface area (Å²) in [4.78, 5) is 27.4. The summed E-state index contributed by atoms with van der Waals surface area (Å²) < 4.78 is 0. The SMILES string of the molecule is CCCN(CC(=O)Nc1ccccc1C)CC(=O)Nc1c(C(C)C)cccc1C(C)C. The fourth-order valence-electron chi connectivity index (χ4n) is 3.71. The predicted octanol–water partition coefficient (Wildman–Crippen LogP) is 5.53. The normalized spacial score (nSPS) is 11.3. The Hall–Kier alpha value is -2.66. The number of aryl methyl sites for hydroxylation is 1. The van der Waals surface area contributed by atoms with E-state index in [9.17, 15) is 9.59 Å². The summed E-state index contributed by atoms with van der Waals surface area (Å²) in [6.45, 7) is 13.6. The third-order valence-corrected chi connectivity index (χ3v) is 5.33. The lowest BCUT2D eigenvalue weighted by Crippen LogP contribution is -2.39. The number of para-hydroxylation sites is 2. The summed E-state index contributed by atoms with van der Waals surface area (Å²) in [5.74, 6) is 0.411. The van der Waals surface area contributed by atoms with Crippen LogP contribution in [0.15, 0.2) is 42.5 Å². The molecule has 0 spiro atoms. The first-order chi connectivity index (χ1) is 14.7. The van der Waals surface area contributed by atoms with E-state index in [-0.39, 0.29) is 24.9 Å². The molecule has 0 aliphatic carbocycles. The van der Waals surface area contributed by atoms with E-state index in [1.165, 1.54) is 0 Å². The molecule has 0 radical (unpaired) electrons. The van der Waals surface area contributed by atoms with Gasteiger partial charge in [0.25, 0.3) is 0 Å². The number of hydrogen-bond donors (Lipinski definition) is 2. The summed E-state index contributed by atoms with van der Waals surface area (Å²) >= 11 is 0. The Bertz CT molecular complexity index is 864. The highest BCUT2D eigenvalue weighted by Gasteiger charge is 2.19. The fourth-order valence-corrected chi connectivity index (χ4v) is 3.71. The molecule has 5 heteroatoms. The molecule has 0 aliphatic heterocycles. The number of amides is 2. The quantitative estimate of drug-likeness (QED) is 0.528. The van der Waals surface area contributed by atoms with E-state index in [2.05, 4.69) is 63.5 Å². The van der Waals surface area contributed by atoms with Gasteiger partial charge in [-0.25, -0.2) is 0 Å².